The molecule has 0 amide bonds. The van der Waals surface area contributed by atoms with Crippen LogP contribution in [0.2, 0.25) is 0 Å². The predicted molar refractivity (Wildman–Crippen MR) is 119 cm³/mol. The first-order valence-corrected chi connectivity index (χ1v) is 13.2. The van der Waals surface area contributed by atoms with Crippen LogP contribution >= 0.6 is 14.0 Å². The van der Waals surface area contributed by atoms with Gasteiger partial charge in [0.15, 0.2) is 0 Å². The Kier molecular flexibility index (Phi) is 6.24. The van der Waals surface area contributed by atoms with Gasteiger partial charge in [-0.1, -0.05) is 125 Å². The van der Waals surface area contributed by atoms with E-state index >= 15 is 0 Å². The third-order valence-corrected chi connectivity index (χ3v) is 14.0. The van der Waals surface area contributed by atoms with Crippen LogP contribution in [0.1, 0.15) is 13.8 Å². The summed E-state index contributed by atoms with van der Waals surface area (Å²) in [6, 6.07) is 30.7. The maximum atomic E-state index is 6.46. The van der Waals surface area contributed by atoms with Gasteiger partial charge in [0.05, 0.1) is 0 Å². The molecule has 0 spiro atoms. The quantitative estimate of drug-likeness (QED) is 0.522. The summed E-state index contributed by atoms with van der Waals surface area (Å²) in [5.41, 5.74) is 0.618. The average molecular weight is 382 g/mol. The van der Waals surface area contributed by atoms with Crippen LogP contribution in [-0.4, -0.2) is 11.6 Å². The Morgan fingerprint density at radius 3 is 1.52 bits per heavy atom. The smallest absolute Gasteiger partial charge is 0.0150 e. The van der Waals surface area contributed by atoms with E-state index in [1.165, 1.54) is 15.9 Å². The summed E-state index contributed by atoms with van der Waals surface area (Å²) in [6.07, 6.45) is 0. The second kappa shape index (κ2) is 8.41. The van der Waals surface area contributed by atoms with Crippen molar-refractivity contribution in [3.63, 3.8) is 0 Å². The molecule has 1 unspecified atom stereocenters. The average Bonchev–Trinajstić information content (AvgIpc) is 2.68. The lowest BCUT2D eigenvalue weighted by molar-refractivity contribution is 1.10. The van der Waals surface area contributed by atoms with E-state index in [2.05, 4.69) is 105 Å². The highest BCUT2D eigenvalue weighted by Gasteiger charge is 2.28. The highest BCUT2D eigenvalue weighted by Crippen LogP contribution is 2.57. The Balaban J connectivity index is 2.08. The first kappa shape index (κ1) is 18.5. The normalized spacial score (nSPS) is 12.9. The summed E-state index contributed by atoms with van der Waals surface area (Å²) >= 11 is 6.46. The van der Waals surface area contributed by atoms with Gasteiger partial charge in [0.2, 0.25) is 0 Å². The summed E-state index contributed by atoms with van der Waals surface area (Å²) < 4.78 is 0. The minimum absolute atomic E-state index is 0.305. The fraction of sp³-hybridized carbons (Fsp3) is 0.182. The van der Waals surface area contributed by atoms with Crippen molar-refractivity contribution in [3.8, 4) is 0 Å². The highest BCUT2D eigenvalue weighted by atomic mass is 32.4. The molecule has 1 atom stereocenters. The van der Waals surface area contributed by atoms with Gasteiger partial charge in [-0.3, -0.25) is 0 Å². The molecule has 0 N–H and O–H groups in total. The van der Waals surface area contributed by atoms with Crippen LogP contribution in [0.5, 0.6) is 0 Å². The maximum absolute atomic E-state index is 6.46. The molecule has 0 aliphatic rings. The second-order valence-corrected chi connectivity index (χ2v) is 14.5. The lowest BCUT2D eigenvalue weighted by atomic mass is 10.4. The van der Waals surface area contributed by atoms with E-state index in [0.717, 1.165) is 5.90 Å². The molecule has 0 fully saturated rings. The van der Waals surface area contributed by atoms with Crippen LogP contribution in [0.25, 0.3) is 0 Å². The highest BCUT2D eigenvalue weighted by molar-refractivity contribution is 8.24. The summed E-state index contributed by atoms with van der Waals surface area (Å²) in [5, 5.41) is 4.13. The number of hydrogen-bond donors (Lipinski definition) is 0. The third-order valence-electron chi connectivity index (χ3n) is 4.41. The van der Waals surface area contributed by atoms with E-state index in [1.807, 2.05) is 0 Å². The zero-order valence-electron chi connectivity index (χ0n) is 14.7. The van der Waals surface area contributed by atoms with Crippen LogP contribution in [0.3, 0.4) is 0 Å². The number of hydrogen-bond acceptors (Lipinski definition) is 1. The first-order valence-electron chi connectivity index (χ1n) is 8.63. The molecule has 0 bridgehead atoms. The van der Waals surface area contributed by atoms with Crippen molar-refractivity contribution in [2.45, 2.75) is 19.5 Å². The molecule has 3 heteroatoms. The van der Waals surface area contributed by atoms with E-state index in [-0.39, 0.29) is 7.92 Å². The van der Waals surface area contributed by atoms with Gasteiger partial charge in [-0.2, -0.15) is 0 Å². The topological polar surface area (TPSA) is 0 Å². The minimum Gasteiger partial charge on any atom is -0.0872 e. The molecule has 25 heavy (non-hydrogen) atoms. The van der Waals surface area contributed by atoms with Crippen LogP contribution in [0.15, 0.2) is 91.0 Å². The van der Waals surface area contributed by atoms with Gasteiger partial charge in [0, 0.05) is 11.9 Å². The molecule has 0 saturated carbocycles. The molecule has 3 aromatic carbocycles. The summed E-state index contributed by atoms with van der Waals surface area (Å²) in [5.74, 6) is 1.09. The molecular formula is C22H24P2S. The van der Waals surface area contributed by atoms with Crippen molar-refractivity contribution < 1.29 is 0 Å². The van der Waals surface area contributed by atoms with Crippen LogP contribution in [-0.2, 0) is 11.8 Å². The van der Waals surface area contributed by atoms with Crippen molar-refractivity contribution >= 4 is 41.7 Å². The zero-order chi connectivity index (χ0) is 17.7. The molecule has 128 valence electrons. The van der Waals surface area contributed by atoms with Gasteiger partial charge in [0.25, 0.3) is 0 Å². The fourth-order valence-electron chi connectivity index (χ4n) is 3.03. The van der Waals surface area contributed by atoms with Gasteiger partial charge in [-0.05, 0) is 21.6 Å². The zero-order valence-corrected chi connectivity index (χ0v) is 17.4. The number of benzene rings is 3. The maximum Gasteiger partial charge on any atom is 0.0150 e. The predicted octanol–water partition coefficient (Wildman–Crippen LogP) is 5.29. The van der Waals surface area contributed by atoms with Crippen molar-refractivity contribution in [2.75, 3.05) is 5.90 Å². The fourth-order valence-corrected chi connectivity index (χ4v) is 12.6. The van der Waals surface area contributed by atoms with E-state index in [1.54, 1.807) is 0 Å². The Hall–Kier alpha value is -1.26. The lowest BCUT2D eigenvalue weighted by Gasteiger charge is -2.31. The van der Waals surface area contributed by atoms with Crippen LogP contribution in [0, 0.1) is 0 Å². The molecule has 0 aromatic heterocycles. The van der Waals surface area contributed by atoms with Gasteiger partial charge < -0.3 is 0 Å². The Labute approximate surface area is 158 Å². The van der Waals surface area contributed by atoms with E-state index in [0.29, 0.717) is 5.66 Å². The largest absolute Gasteiger partial charge is 0.0872 e. The monoisotopic (exact) mass is 382 g/mol. The van der Waals surface area contributed by atoms with E-state index < -0.39 is 6.04 Å². The van der Waals surface area contributed by atoms with Crippen molar-refractivity contribution in [2.24, 2.45) is 0 Å². The molecule has 0 nitrogen and oxygen atoms in total. The van der Waals surface area contributed by atoms with E-state index in [4.69, 9.17) is 11.8 Å². The minimum atomic E-state index is -1.84. The molecule has 0 aliphatic carbocycles. The van der Waals surface area contributed by atoms with Crippen molar-refractivity contribution in [1.29, 1.82) is 0 Å². The van der Waals surface area contributed by atoms with Gasteiger partial charge >= 0.3 is 0 Å². The summed E-state index contributed by atoms with van der Waals surface area (Å²) in [4.78, 5) is 0. The lowest BCUT2D eigenvalue weighted by Crippen LogP contribution is -2.21. The van der Waals surface area contributed by atoms with Gasteiger partial charge in [0.1, 0.15) is 0 Å². The summed E-state index contributed by atoms with van der Waals surface area (Å²) in [7, 11) is -0.305. The molecule has 0 radical (unpaired) electrons. The standard InChI is InChI=1S/C22H24P2S/c1-19(2)23(20-12-6-3-7-13-20)18-24(25,21-14-8-4-9-15-21)22-16-10-5-11-17-22/h3-17,19H,18H2,1-2H3. The Bertz CT molecular complexity index is 786. The first-order chi connectivity index (χ1) is 12.1. The second-order valence-electron chi connectivity index (χ2n) is 6.45. The van der Waals surface area contributed by atoms with Crippen molar-refractivity contribution in [3.05, 3.63) is 91.0 Å². The molecule has 0 saturated heterocycles. The summed E-state index contributed by atoms with van der Waals surface area (Å²) in [6.45, 7) is 4.68. The van der Waals surface area contributed by atoms with Crippen LogP contribution in [0.4, 0.5) is 0 Å². The van der Waals surface area contributed by atoms with E-state index in [9.17, 15) is 0 Å². The molecule has 3 rings (SSSR count). The SMILES string of the molecule is CC(C)P(CP(=S)(c1ccccc1)c1ccccc1)c1ccccc1. The van der Waals surface area contributed by atoms with Crippen molar-refractivity contribution in [1.82, 2.24) is 0 Å². The molecule has 0 heterocycles. The molecule has 3 aromatic rings. The molecular weight excluding hydrogens is 358 g/mol. The van der Waals surface area contributed by atoms with Gasteiger partial charge in [-0.15, -0.1) is 0 Å². The number of rotatable bonds is 6. The third kappa shape index (κ3) is 4.29. The molecule has 0 aliphatic heterocycles. The van der Waals surface area contributed by atoms with Gasteiger partial charge in [-0.25, -0.2) is 0 Å². The Morgan fingerprint density at radius 1 is 0.720 bits per heavy atom. The Morgan fingerprint density at radius 2 is 1.12 bits per heavy atom. The van der Waals surface area contributed by atoms with Crippen LogP contribution < -0.4 is 15.9 Å².